The Hall–Kier alpha value is -7.50. The standard InChI is InChI=1S/C58H45BN2O2/c1-38-16-13-14-23-52(38)61(43-21-11-6-12-22-43)44-29-26-39(27-30-44)40-28-33-50-55(34-40)62-53-24-15-25-54-57(53)59(50)51-37-49-47(36-56(51)63-54)46-32-31-45(35-48(46)58(49,2)3)60(41-17-7-4-8-18-41)42-19-9-5-10-20-42/h4-38,52H,1-3H3. The molecule has 8 aromatic rings. The van der Waals surface area contributed by atoms with Crippen molar-refractivity contribution in [3.63, 3.8) is 0 Å². The summed E-state index contributed by atoms with van der Waals surface area (Å²) in [5, 5.41) is 0. The van der Waals surface area contributed by atoms with Gasteiger partial charge in [-0.15, -0.1) is 0 Å². The summed E-state index contributed by atoms with van der Waals surface area (Å²) in [6.45, 7) is 6.98. The highest BCUT2D eigenvalue weighted by Gasteiger charge is 2.44. The van der Waals surface area contributed by atoms with E-state index in [1.54, 1.807) is 0 Å². The predicted molar refractivity (Wildman–Crippen MR) is 262 cm³/mol. The SMILES string of the molecule is CC1C=CC=CC1N(c1ccccc1)c1ccc(-c2ccc3c(c2)Oc2cccc4c2B3c2cc3c(cc2O4)-c2ccc(N(c4ccccc4)c4ccccc4)cc2C3(C)C)cc1. The van der Waals surface area contributed by atoms with Gasteiger partial charge in [-0.2, -0.15) is 0 Å². The molecule has 0 bridgehead atoms. The third-order valence-electron chi connectivity index (χ3n) is 13.7. The van der Waals surface area contributed by atoms with E-state index in [0.29, 0.717) is 5.92 Å². The highest BCUT2D eigenvalue weighted by molar-refractivity contribution is 6.98. The first-order valence-electron chi connectivity index (χ1n) is 22.1. The molecule has 0 fully saturated rings. The lowest BCUT2D eigenvalue weighted by molar-refractivity contribution is 0.464. The zero-order valence-corrected chi connectivity index (χ0v) is 35.6. The third-order valence-corrected chi connectivity index (χ3v) is 13.7. The van der Waals surface area contributed by atoms with Crippen LogP contribution in [0.5, 0.6) is 23.0 Å². The molecule has 8 aromatic carbocycles. The van der Waals surface area contributed by atoms with Gasteiger partial charge in [-0.25, -0.2) is 0 Å². The minimum Gasteiger partial charge on any atom is -0.458 e. The Balaban J connectivity index is 0.912. The highest BCUT2D eigenvalue weighted by atomic mass is 16.5. The Morgan fingerprint density at radius 1 is 0.460 bits per heavy atom. The molecule has 2 aliphatic heterocycles. The number of hydrogen-bond donors (Lipinski definition) is 0. The maximum absolute atomic E-state index is 6.83. The summed E-state index contributed by atoms with van der Waals surface area (Å²) in [7, 11) is 0. The normalized spacial score (nSPS) is 16.7. The Morgan fingerprint density at radius 2 is 1.03 bits per heavy atom. The fourth-order valence-electron chi connectivity index (χ4n) is 10.5. The minimum atomic E-state index is -0.253. The number of benzene rings is 8. The number of allylic oxidation sites excluding steroid dienone is 2. The molecule has 0 saturated heterocycles. The monoisotopic (exact) mass is 812 g/mol. The van der Waals surface area contributed by atoms with Crippen LogP contribution in [0.2, 0.25) is 0 Å². The van der Waals surface area contributed by atoms with Gasteiger partial charge in [-0.1, -0.05) is 142 Å². The molecule has 2 heterocycles. The molecule has 5 heteroatoms. The molecule has 0 saturated carbocycles. The molecule has 12 rings (SSSR count). The van der Waals surface area contributed by atoms with E-state index in [0.717, 1.165) is 67.8 Å². The van der Waals surface area contributed by atoms with Crippen molar-refractivity contribution in [2.45, 2.75) is 32.2 Å². The lowest BCUT2D eigenvalue weighted by atomic mass is 9.34. The van der Waals surface area contributed by atoms with E-state index in [-0.39, 0.29) is 18.2 Å². The van der Waals surface area contributed by atoms with Gasteiger partial charge in [0, 0.05) is 39.3 Å². The molecular weight excluding hydrogens is 767 g/mol. The number of fused-ring (bicyclic) bond motifs is 7. The lowest BCUT2D eigenvalue weighted by Gasteiger charge is -2.36. The average molecular weight is 813 g/mol. The molecule has 2 unspecified atom stereocenters. The van der Waals surface area contributed by atoms with Crippen LogP contribution < -0.4 is 35.7 Å². The van der Waals surface area contributed by atoms with Crippen molar-refractivity contribution in [3.8, 4) is 45.3 Å². The summed E-state index contributed by atoms with van der Waals surface area (Å²) in [5.41, 5.74) is 16.3. The van der Waals surface area contributed by atoms with Crippen molar-refractivity contribution in [2.24, 2.45) is 5.92 Å². The molecule has 63 heavy (non-hydrogen) atoms. The zero-order valence-electron chi connectivity index (χ0n) is 35.6. The number of para-hydroxylation sites is 3. The Labute approximate surface area is 370 Å². The summed E-state index contributed by atoms with van der Waals surface area (Å²) in [6.07, 6.45) is 8.91. The average Bonchev–Trinajstić information content (AvgIpc) is 3.54. The molecule has 4 nitrogen and oxygen atoms in total. The van der Waals surface area contributed by atoms with E-state index in [2.05, 4.69) is 231 Å². The van der Waals surface area contributed by atoms with Crippen LogP contribution in [-0.4, -0.2) is 12.8 Å². The molecule has 4 aliphatic rings. The van der Waals surface area contributed by atoms with E-state index in [4.69, 9.17) is 9.47 Å². The van der Waals surface area contributed by atoms with Crippen molar-refractivity contribution in [2.75, 3.05) is 9.80 Å². The fourth-order valence-corrected chi connectivity index (χ4v) is 10.5. The third kappa shape index (κ3) is 6.06. The van der Waals surface area contributed by atoms with Gasteiger partial charge in [0.15, 0.2) is 0 Å². The number of ether oxygens (including phenoxy) is 2. The first-order chi connectivity index (χ1) is 30.9. The molecule has 302 valence electrons. The molecular formula is C58H45BN2O2. The summed E-state index contributed by atoms with van der Waals surface area (Å²) in [6, 6.07) is 65.8. The summed E-state index contributed by atoms with van der Waals surface area (Å²) in [5.74, 6) is 3.86. The highest BCUT2D eigenvalue weighted by Crippen LogP contribution is 2.52. The first kappa shape index (κ1) is 37.3. The van der Waals surface area contributed by atoms with Gasteiger partial charge in [-0.3, -0.25) is 0 Å². The molecule has 0 aromatic heterocycles. The Kier molecular flexibility index (Phi) is 8.62. The smallest absolute Gasteiger partial charge is 0.260 e. The van der Waals surface area contributed by atoms with Crippen LogP contribution >= 0.6 is 0 Å². The summed E-state index contributed by atoms with van der Waals surface area (Å²) >= 11 is 0. The fraction of sp³-hybridized carbons (Fsp3) is 0.103. The van der Waals surface area contributed by atoms with Crippen molar-refractivity contribution in [3.05, 3.63) is 217 Å². The topological polar surface area (TPSA) is 24.9 Å². The van der Waals surface area contributed by atoms with Crippen molar-refractivity contribution < 1.29 is 9.47 Å². The molecule has 0 amide bonds. The number of hydrogen-bond acceptors (Lipinski definition) is 4. The largest absolute Gasteiger partial charge is 0.458 e. The second-order valence-corrected chi connectivity index (χ2v) is 17.7. The number of rotatable bonds is 7. The van der Waals surface area contributed by atoms with Crippen molar-refractivity contribution in [1.82, 2.24) is 0 Å². The predicted octanol–water partition coefficient (Wildman–Crippen LogP) is 13.1. The minimum absolute atomic E-state index is 0.0360. The molecule has 2 atom stereocenters. The van der Waals surface area contributed by atoms with E-state index in [9.17, 15) is 0 Å². The quantitative estimate of drug-likeness (QED) is 0.150. The Bertz CT molecular complexity index is 3080. The molecule has 0 radical (unpaired) electrons. The summed E-state index contributed by atoms with van der Waals surface area (Å²) in [4.78, 5) is 4.79. The van der Waals surface area contributed by atoms with Gasteiger partial charge in [0.25, 0.3) is 6.71 Å². The van der Waals surface area contributed by atoms with Crippen LogP contribution in [-0.2, 0) is 5.41 Å². The van der Waals surface area contributed by atoms with Crippen LogP contribution in [0, 0.1) is 5.92 Å². The van der Waals surface area contributed by atoms with Crippen LogP contribution in [0.4, 0.5) is 28.4 Å². The molecule has 0 N–H and O–H groups in total. The summed E-state index contributed by atoms with van der Waals surface area (Å²) < 4.78 is 13.6. The van der Waals surface area contributed by atoms with Crippen LogP contribution in [0.25, 0.3) is 22.3 Å². The van der Waals surface area contributed by atoms with Gasteiger partial charge in [-0.05, 0) is 135 Å². The van der Waals surface area contributed by atoms with Gasteiger partial charge >= 0.3 is 0 Å². The van der Waals surface area contributed by atoms with Crippen LogP contribution in [0.1, 0.15) is 31.9 Å². The van der Waals surface area contributed by atoms with Crippen molar-refractivity contribution in [1.29, 1.82) is 0 Å². The van der Waals surface area contributed by atoms with Crippen molar-refractivity contribution >= 4 is 51.5 Å². The maximum Gasteiger partial charge on any atom is 0.260 e. The second-order valence-electron chi connectivity index (χ2n) is 17.7. The van der Waals surface area contributed by atoms with E-state index >= 15 is 0 Å². The lowest BCUT2D eigenvalue weighted by Crippen LogP contribution is -2.57. The van der Waals surface area contributed by atoms with Gasteiger partial charge in [0.2, 0.25) is 0 Å². The van der Waals surface area contributed by atoms with E-state index in [1.165, 1.54) is 33.4 Å². The van der Waals surface area contributed by atoms with Crippen LogP contribution in [0.3, 0.4) is 0 Å². The van der Waals surface area contributed by atoms with E-state index < -0.39 is 0 Å². The first-order valence-corrected chi connectivity index (χ1v) is 22.1. The number of anilines is 5. The van der Waals surface area contributed by atoms with Crippen LogP contribution in [0.15, 0.2) is 206 Å². The van der Waals surface area contributed by atoms with Gasteiger partial charge < -0.3 is 19.3 Å². The van der Waals surface area contributed by atoms with E-state index in [1.807, 2.05) is 6.07 Å². The Morgan fingerprint density at radius 3 is 1.70 bits per heavy atom. The maximum atomic E-state index is 6.83. The van der Waals surface area contributed by atoms with Gasteiger partial charge in [0.1, 0.15) is 23.0 Å². The van der Waals surface area contributed by atoms with Gasteiger partial charge in [0.05, 0.1) is 6.04 Å². The molecule has 0 spiro atoms. The molecule has 2 aliphatic carbocycles. The second kappa shape index (κ2) is 14.6. The zero-order chi connectivity index (χ0) is 42.2. The number of nitrogens with zero attached hydrogens (tertiary/aromatic N) is 2.